The van der Waals surface area contributed by atoms with E-state index in [0.717, 1.165) is 5.56 Å². The van der Waals surface area contributed by atoms with Crippen molar-refractivity contribution in [1.29, 1.82) is 0 Å². The Morgan fingerprint density at radius 2 is 2.24 bits per heavy atom. The van der Waals surface area contributed by atoms with Crippen molar-refractivity contribution in [2.75, 3.05) is 26.3 Å². The lowest BCUT2D eigenvalue weighted by atomic mass is 9.81. The van der Waals surface area contributed by atoms with E-state index >= 15 is 0 Å². The standard InChI is InChI=1S/C15H16ClNO4/c1-9-2-3-10(4-12(9)16)13(18)17-5-11-6-21-8-15(11,7-17)14(19)20/h2-4,11H,5-8H2,1H3,(H,19,20)/t11-,15-/m1/s1. The molecule has 0 radical (unpaired) electrons. The number of carboxylic acids is 1. The largest absolute Gasteiger partial charge is 0.481 e. The van der Waals surface area contributed by atoms with Crippen LogP contribution in [0.2, 0.25) is 5.02 Å². The van der Waals surface area contributed by atoms with Gasteiger partial charge >= 0.3 is 5.97 Å². The highest BCUT2D eigenvalue weighted by molar-refractivity contribution is 6.31. The molecule has 0 aromatic heterocycles. The van der Waals surface area contributed by atoms with Crippen LogP contribution in [-0.2, 0) is 9.53 Å². The molecule has 112 valence electrons. The van der Waals surface area contributed by atoms with Crippen molar-refractivity contribution < 1.29 is 19.4 Å². The molecule has 3 rings (SSSR count). The van der Waals surface area contributed by atoms with Gasteiger partial charge in [-0.3, -0.25) is 9.59 Å². The van der Waals surface area contributed by atoms with E-state index in [9.17, 15) is 14.7 Å². The van der Waals surface area contributed by atoms with Crippen molar-refractivity contribution in [1.82, 2.24) is 4.90 Å². The average Bonchev–Trinajstić information content (AvgIpc) is 2.98. The van der Waals surface area contributed by atoms with E-state index in [1.165, 1.54) is 0 Å². The summed E-state index contributed by atoms with van der Waals surface area (Å²) in [6.45, 7) is 3.04. The highest BCUT2D eigenvalue weighted by Crippen LogP contribution is 2.42. The van der Waals surface area contributed by atoms with Crippen molar-refractivity contribution in [3.63, 3.8) is 0 Å². The van der Waals surface area contributed by atoms with Gasteiger partial charge in [-0.2, -0.15) is 0 Å². The predicted octanol–water partition coefficient (Wildman–Crippen LogP) is 1.82. The van der Waals surface area contributed by atoms with Crippen LogP contribution in [-0.4, -0.2) is 48.2 Å². The summed E-state index contributed by atoms with van der Waals surface area (Å²) < 4.78 is 5.30. The van der Waals surface area contributed by atoms with Gasteiger partial charge in [-0.1, -0.05) is 17.7 Å². The quantitative estimate of drug-likeness (QED) is 0.905. The minimum absolute atomic E-state index is 0.139. The van der Waals surface area contributed by atoms with E-state index in [0.29, 0.717) is 23.7 Å². The van der Waals surface area contributed by atoms with Crippen molar-refractivity contribution in [3.05, 3.63) is 34.3 Å². The number of carbonyl (C=O) groups is 2. The van der Waals surface area contributed by atoms with Gasteiger partial charge in [-0.05, 0) is 24.6 Å². The van der Waals surface area contributed by atoms with Crippen molar-refractivity contribution in [2.24, 2.45) is 11.3 Å². The molecule has 1 aromatic rings. The molecule has 0 aliphatic carbocycles. The zero-order chi connectivity index (χ0) is 15.2. The molecule has 0 bridgehead atoms. The van der Waals surface area contributed by atoms with Crippen LogP contribution >= 0.6 is 11.6 Å². The molecule has 2 fully saturated rings. The highest BCUT2D eigenvalue weighted by Gasteiger charge is 2.57. The fraction of sp³-hybridized carbons (Fsp3) is 0.467. The third-order valence-corrected chi connectivity index (χ3v) is 4.91. The molecule has 21 heavy (non-hydrogen) atoms. The number of rotatable bonds is 2. The van der Waals surface area contributed by atoms with Crippen molar-refractivity contribution in [3.8, 4) is 0 Å². The Kier molecular flexibility index (Phi) is 3.42. The first-order valence-corrected chi connectivity index (χ1v) is 7.18. The van der Waals surface area contributed by atoms with Crippen LogP contribution in [0.15, 0.2) is 18.2 Å². The smallest absolute Gasteiger partial charge is 0.314 e. The Morgan fingerprint density at radius 3 is 2.86 bits per heavy atom. The number of carboxylic acid groups (broad SMARTS) is 1. The first kappa shape index (κ1) is 14.4. The molecule has 0 unspecified atom stereocenters. The summed E-state index contributed by atoms with van der Waals surface area (Å²) in [6.07, 6.45) is 0. The van der Waals surface area contributed by atoms with E-state index < -0.39 is 11.4 Å². The Morgan fingerprint density at radius 1 is 1.48 bits per heavy atom. The highest BCUT2D eigenvalue weighted by atomic mass is 35.5. The van der Waals surface area contributed by atoms with Crippen LogP contribution in [0.5, 0.6) is 0 Å². The summed E-state index contributed by atoms with van der Waals surface area (Å²) in [7, 11) is 0. The Labute approximate surface area is 127 Å². The Bertz CT molecular complexity index is 618. The number of hydrogen-bond donors (Lipinski definition) is 1. The van der Waals surface area contributed by atoms with E-state index in [1.54, 1.807) is 23.1 Å². The molecule has 2 heterocycles. The van der Waals surface area contributed by atoms with Gasteiger partial charge < -0.3 is 14.7 Å². The van der Waals surface area contributed by atoms with Crippen LogP contribution in [0.1, 0.15) is 15.9 Å². The molecule has 0 spiro atoms. The molecule has 6 heteroatoms. The average molecular weight is 310 g/mol. The topological polar surface area (TPSA) is 66.8 Å². The number of hydrogen-bond acceptors (Lipinski definition) is 3. The fourth-order valence-electron chi connectivity index (χ4n) is 3.10. The van der Waals surface area contributed by atoms with E-state index in [1.807, 2.05) is 6.92 Å². The van der Waals surface area contributed by atoms with E-state index in [2.05, 4.69) is 0 Å². The van der Waals surface area contributed by atoms with Gasteiger partial charge in [0, 0.05) is 29.6 Å². The van der Waals surface area contributed by atoms with Gasteiger partial charge in [0.05, 0.1) is 13.2 Å². The second-order valence-electron chi connectivity index (χ2n) is 5.82. The van der Waals surface area contributed by atoms with Crippen LogP contribution in [0.3, 0.4) is 0 Å². The number of likely N-dealkylation sites (tertiary alicyclic amines) is 1. The number of ether oxygens (including phenoxy) is 1. The maximum absolute atomic E-state index is 12.5. The number of carbonyl (C=O) groups excluding carboxylic acids is 1. The zero-order valence-corrected chi connectivity index (χ0v) is 12.4. The van der Waals surface area contributed by atoms with E-state index in [4.69, 9.17) is 16.3 Å². The molecular formula is C15H16ClNO4. The van der Waals surface area contributed by atoms with Crippen LogP contribution in [0, 0.1) is 18.3 Å². The second-order valence-corrected chi connectivity index (χ2v) is 6.23. The second kappa shape index (κ2) is 5.00. The number of benzene rings is 1. The number of aliphatic carboxylic acids is 1. The van der Waals surface area contributed by atoms with Crippen LogP contribution in [0.4, 0.5) is 0 Å². The summed E-state index contributed by atoms with van der Waals surface area (Å²) >= 11 is 6.05. The van der Waals surface area contributed by atoms with Gasteiger partial charge in [-0.15, -0.1) is 0 Å². The lowest BCUT2D eigenvalue weighted by Crippen LogP contribution is -2.40. The summed E-state index contributed by atoms with van der Waals surface area (Å²) in [5, 5.41) is 10.0. The van der Waals surface area contributed by atoms with Gasteiger partial charge in [0.15, 0.2) is 0 Å². The monoisotopic (exact) mass is 309 g/mol. The molecule has 1 amide bonds. The fourth-order valence-corrected chi connectivity index (χ4v) is 3.28. The summed E-state index contributed by atoms with van der Waals surface area (Å²) in [5.41, 5.74) is 0.443. The molecule has 2 aliphatic heterocycles. The molecule has 0 saturated carbocycles. The number of aryl methyl sites for hydroxylation is 1. The number of nitrogens with zero attached hydrogens (tertiary/aromatic N) is 1. The Balaban J connectivity index is 1.84. The number of fused-ring (bicyclic) bond motifs is 1. The molecule has 2 saturated heterocycles. The number of halogens is 1. The van der Waals surface area contributed by atoms with E-state index in [-0.39, 0.29) is 25.0 Å². The third kappa shape index (κ3) is 2.21. The minimum Gasteiger partial charge on any atom is -0.481 e. The maximum Gasteiger partial charge on any atom is 0.314 e. The SMILES string of the molecule is Cc1ccc(C(=O)N2C[C@@H]3COC[C@]3(C(=O)O)C2)cc1Cl. The predicted molar refractivity (Wildman–Crippen MR) is 76.5 cm³/mol. The Hall–Kier alpha value is -1.59. The first-order valence-electron chi connectivity index (χ1n) is 6.80. The first-order chi connectivity index (χ1) is 9.94. The molecule has 1 N–H and O–H groups in total. The van der Waals surface area contributed by atoms with Crippen molar-refractivity contribution in [2.45, 2.75) is 6.92 Å². The third-order valence-electron chi connectivity index (χ3n) is 4.51. The maximum atomic E-state index is 12.5. The zero-order valence-electron chi connectivity index (χ0n) is 11.6. The summed E-state index contributed by atoms with van der Waals surface area (Å²) in [6, 6.07) is 5.15. The minimum atomic E-state index is -0.954. The normalized spacial score (nSPS) is 27.7. The molecule has 2 atom stereocenters. The summed E-state index contributed by atoms with van der Waals surface area (Å²) in [4.78, 5) is 25.7. The summed E-state index contributed by atoms with van der Waals surface area (Å²) in [5.74, 6) is -1.20. The lowest BCUT2D eigenvalue weighted by molar-refractivity contribution is -0.149. The van der Waals surface area contributed by atoms with Crippen molar-refractivity contribution >= 4 is 23.5 Å². The molecule has 1 aromatic carbocycles. The van der Waals surface area contributed by atoms with Gasteiger partial charge in [-0.25, -0.2) is 0 Å². The molecular weight excluding hydrogens is 294 g/mol. The van der Waals surface area contributed by atoms with Gasteiger partial charge in [0.25, 0.3) is 5.91 Å². The van der Waals surface area contributed by atoms with Crippen LogP contribution in [0.25, 0.3) is 0 Å². The molecule has 2 aliphatic rings. The van der Waals surface area contributed by atoms with Gasteiger partial charge in [0.1, 0.15) is 5.41 Å². The number of amides is 1. The lowest BCUT2D eigenvalue weighted by Gasteiger charge is -2.22. The van der Waals surface area contributed by atoms with Crippen LogP contribution < -0.4 is 0 Å². The molecule has 5 nitrogen and oxygen atoms in total. The van der Waals surface area contributed by atoms with Gasteiger partial charge in [0.2, 0.25) is 0 Å².